The van der Waals surface area contributed by atoms with Crippen LogP contribution in [-0.4, -0.2) is 40.9 Å². The minimum Gasteiger partial charge on any atom is -0.313 e. The Morgan fingerprint density at radius 2 is 2.19 bits per heavy atom. The topological polar surface area (TPSA) is 33.1 Å². The molecular formula is C12H24N4. The second kappa shape index (κ2) is 6.01. The van der Waals surface area contributed by atoms with E-state index in [1.165, 1.54) is 5.56 Å². The van der Waals surface area contributed by atoms with E-state index in [9.17, 15) is 0 Å². The summed E-state index contributed by atoms with van der Waals surface area (Å²) in [5.41, 5.74) is 2.45. The Morgan fingerprint density at radius 3 is 2.69 bits per heavy atom. The van der Waals surface area contributed by atoms with Gasteiger partial charge in [-0.1, -0.05) is 13.8 Å². The lowest BCUT2D eigenvalue weighted by Crippen LogP contribution is -2.32. The molecule has 92 valence electrons. The van der Waals surface area contributed by atoms with Gasteiger partial charge in [-0.15, -0.1) is 0 Å². The van der Waals surface area contributed by atoms with Gasteiger partial charge in [-0.2, -0.15) is 5.10 Å². The first kappa shape index (κ1) is 13.2. The van der Waals surface area contributed by atoms with Crippen molar-refractivity contribution in [3.05, 3.63) is 17.5 Å². The molecule has 0 aliphatic heterocycles. The maximum Gasteiger partial charge on any atom is 0.0638 e. The molecule has 0 fully saturated rings. The third kappa shape index (κ3) is 4.33. The fourth-order valence-electron chi connectivity index (χ4n) is 1.72. The fraction of sp³-hybridized carbons (Fsp3) is 0.750. The van der Waals surface area contributed by atoms with Crippen LogP contribution in [-0.2, 0) is 13.6 Å². The predicted octanol–water partition coefficient (Wildman–Crippen LogP) is 1.16. The largest absolute Gasteiger partial charge is 0.313 e. The van der Waals surface area contributed by atoms with Crippen LogP contribution in [0.2, 0.25) is 0 Å². The smallest absolute Gasteiger partial charge is 0.0638 e. The van der Waals surface area contributed by atoms with Gasteiger partial charge < -0.3 is 10.2 Å². The molecule has 0 spiro atoms. The lowest BCUT2D eigenvalue weighted by Gasteiger charge is -2.17. The van der Waals surface area contributed by atoms with Gasteiger partial charge >= 0.3 is 0 Å². The average molecular weight is 224 g/mol. The SMILES string of the molecule is Cc1nn(C)cc1CN(C)CCNC(C)C. The van der Waals surface area contributed by atoms with Crippen LogP contribution < -0.4 is 5.32 Å². The fourth-order valence-corrected chi connectivity index (χ4v) is 1.72. The van der Waals surface area contributed by atoms with Gasteiger partial charge in [0.1, 0.15) is 0 Å². The molecule has 0 bridgehead atoms. The Hall–Kier alpha value is -0.870. The quantitative estimate of drug-likeness (QED) is 0.787. The Balaban J connectivity index is 2.34. The van der Waals surface area contributed by atoms with Crippen molar-refractivity contribution >= 4 is 0 Å². The zero-order valence-corrected chi connectivity index (χ0v) is 11.1. The third-order valence-corrected chi connectivity index (χ3v) is 2.60. The number of likely N-dealkylation sites (N-methyl/N-ethyl adjacent to an activating group) is 1. The van der Waals surface area contributed by atoms with Gasteiger partial charge in [-0.3, -0.25) is 4.68 Å². The highest BCUT2D eigenvalue weighted by Crippen LogP contribution is 2.06. The average Bonchev–Trinajstić information content (AvgIpc) is 2.44. The number of nitrogens with zero attached hydrogens (tertiary/aromatic N) is 3. The zero-order chi connectivity index (χ0) is 12.1. The van der Waals surface area contributed by atoms with Crippen molar-refractivity contribution in [3.8, 4) is 0 Å². The summed E-state index contributed by atoms with van der Waals surface area (Å²) >= 11 is 0. The first-order valence-electron chi connectivity index (χ1n) is 5.90. The summed E-state index contributed by atoms with van der Waals surface area (Å²) in [5.74, 6) is 0. The van der Waals surface area contributed by atoms with E-state index in [0.717, 1.165) is 25.3 Å². The highest BCUT2D eigenvalue weighted by Gasteiger charge is 2.06. The number of aromatic nitrogens is 2. The summed E-state index contributed by atoms with van der Waals surface area (Å²) in [6, 6.07) is 0.563. The number of hydrogen-bond donors (Lipinski definition) is 1. The molecule has 4 heteroatoms. The van der Waals surface area contributed by atoms with E-state index in [1.807, 2.05) is 11.7 Å². The number of nitrogens with one attached hydrogen (secondary N) is 1. The van der Waals surface area contributed by atoms with Gasteiger partial charge in [0.2, 0.25) is 0 Å². The molecule has 0 aliphatic carbocycles. The monoisotopic (exact) mass is 224 g/mol. The maximum atomic E-state index is 4.35. The lowest BCUT2D eigenvalue weighted by molar-refractivity contribution is 0.319. The van der Waals surface area contributed by atoms with Crippen molar-refractivity contribution in [3.63, 3.8) is 0 Å². The van der Waals surface area contributed by atoms with Crippen molar-refractivity contribution in [2.45, 2.75) is 33.4 Å². The van der Waals surface area contributed by atoms with Crippen LogP contribution in [0.5, 0.6) is 0 Å². The molecule has 0 saturated carbocycles. The number of rotatable bonds is 6. The van der Waals surface area contributed by atoms with Gasteiger partial charge in [-0.25, -0.2) is 0 Å². The van der Waals surface area contributed by atoms with Crippen molar-refractivity contribution < 1.29 is 0 Å². The summed E-state index contributed by atoms with van der Waals surface area (Å²) in [6.07, 6.45) is 2.10. The molecule has 0 aliphatic rings. The molecule has 0 amide bonds. The molecule has 1 rings (SSSR count). The molecule has 1 N–H and O–H groups in total. The van der Waals surface area contributed by atoms with Gasteiger partial charge in [0.25, 0.3) is 0 Å². The lowest BCUT2D eigenvalue weighted by atomic mass is 10.2. The summed E-state index contributed by atoms with van der Waals surface area (Å²) in [5, 5.41) is 7.77. The molecule has 16 heavy (non-hydrogen) atoms. The Bertz CT molecular complexity index is 317. The van der Waals surface area contributed by atoms with Gasteiger partial charge in [0.15, 0.2) is 0 Å². The second-order valence-electron chi connectivity index (χ2n) is 4.76. The minimum atomic E-state index is 0.563. The number of hydrogen-bond acceptors (Lipinski definition) is 3. The summed E-state index contributed by atoms with van der Waals surface area (Å²) in [6.45, 7) is 9.48. The molecular weight excluding hydrogens is 200 g/mol. The van der Waals surface area contributed by atoms with Crippen molar-refractivity contribution in [1.82, 2.24) is 20.0 Å². The Kier molecular flexibility index (Phi) is 4.96. The Labute approximate surface area is 98.6 Å². The number of aryl methyl sites for hydroxylation is 2. The maximum absolute atomic E-state index is 4.35. The van der Waals surface area contributed by atoms with Crippen LogP contribution in [0.1, 0.15) is 25.1 Å². The van der Waals surface area contributed by atoms with E-state index < -0.39 is 0 Å². The van der Waals surface area contributed by atoms with E-state index in [2.05, 4.69) is 49.3 Å². The highest BCUT2D eigenvalue weighted by atomic mass is 15.3. The summed E-state index contributed by atoms with van der Waals surface area (Å²) < 4.78 is 1.88. The van der Waals surface area contributed by atoms with E-state index in [1.54, 1.807) is 0 Å². The molecule has 0 atom stereocenters. The zero-order valence-electron chi connectivity index (χ0n) is 11.1. The predicted molar refractivity (Wildman–Crippen MR) is 67.4 cm³/mol. The normalized spacial score (nSPS) is 11.7. The van der Waals surface area contributed by atoms with E-state index in [0.29, 0.717) is 6.04 Å². The van der Waals surface area contributed by atoms with Crippen LogP contribution in [0.15, 0.2) is 6.20 Å². The highest BCUT2D eigenvalue weighted by molar-refractivity contribution is 5.14. The molecule has 1 heterocycles. The summed E-state index contributed by atoms with van der Waals surface area (Å²) in [7, 11) is 4.12. The van der Waals surface area contributed by atoms with Crippen LogP contribution in [0, 0.1) is 6.92 Å². The van der Waals surface area contributed by atoms with Gasteiger partial charge in [0.05, 0.1) is 5.69 Å². The first-order chi connectivity index (χ1) is 7.49. The molecule has 1 aromatic rings. The molecule has 0 unspecified atom stereocenters. The molecule has 0 aromatic carbocycles. The van der Waals surface area contributed by atoms with Gasteiger partial charge in [-0.05, 0) is 14.0 Å². The van der Waals surface area contributed by atoms with Crippen molar-refractivity contribution in [2.75, 3.05) is 20.1 Å². The van der Waals surface area contributed by atoms with E-state index in [4.69, 9.17) is 0 Å². The molecule has 4 nitrogen and oxygen atoms in total. The van der Waals surface area contributed by atoms with Crippen LogP contribution in [0.3, 0.4) is 0 Å². The van der Waals surface area contributed by atoms with Crippen LogP contribution in [0.25, 0.3) is 0 Å². The van der Waals surface area contributed by atoms with Crippen molar-refractivity contribution in [1.29, 1.82) is 0 Å². The third-order valence-electron chi connectivity index (χ3n) is 2.60. The van der Waals surface area contributed by atoms with E-state index in [-0.39, 0.29) is 0 Å². The summed E-state index contributed by atoms with van der Waals surface area (Å²) in [4.78, 5) is 2.32. The van der Waals surface area contributed by atoms with Crippen LogP contribution >= 0.6 is 0 Å². The first-order valence-corrected chi connectivity index (χ1v) is 5.90. The molecule has 0 saturated heterocycles. The standard InChI is InChI=1S/C12H24N4/c1-10(2)13-6-7-15(4)8-12-9-16(5)14-11(12)3/h9-10,13H,6-8H2,1-5H3. The van der Waals surface area contributed by atoms with Crippen LogP contribution in [0.4, 0.5) is 0 Å². The molecule has 1 aromatic heterocycles. The molecule has 0 radical (unpaired) electrons. The Morgan fingerprint density at radius 1 is 1.50 bits per heavy atom. The van der Waals surface area contributed by atoms with Gasteiger partial charge in [0, 0.05) is 44.5 Å². The van der Waals surface area contributed by atoms with Crippen molar-refractivity contribution in [2.24, 2.45) is 7.05 Å². The minimum absolute atomic E-state index is 0.563. The second-order valence-corrected chi connectivity index (χ2v) is 4.76. The van der Waals surface area contributed by atoms with E-state index >= 15 is 0 Å².